The summed E-state index contributed by atoms with van der Waals surface area (Å²) in [6, 6.07) is 9.87. The van der Waals surface area contributed by atoms with Crippen LogP contribution < -0.4 is 15.5 Å². The molecule has 1 amide bonds. The lowest BCUT2D eigenvalue weighted by Gasteiger charge is -2.35. The van der Waals surface area contributed by atoms with E-state index in [1.54, 1.807) is 13.8 Å². The first kappa shape index (κ1) is 25.1. The van der Waals surface area contributed by atoms with Crippen molar-refractivity contribution >= 4 is 23.4 Å². The lowest BCUT2D eigenvalue weighted by Crippen LogP contribution is -2.46. The summed E-state index contributed by atoms with van der Waals surface area (Å²) in [6.45, 7) is 5.08. The van der Waals surface area contributed by atoms with E-state index in [1.807, 2.05) is 30.3 Å². The van der Waals surface area contributed by atoms with Crippen molar-refractivity contribution in [2.45, 2.75) is 76.9 Å². The lowest BCUT2D eigenvalue weighted by molar-refractivity contribution is -0.147. The van der Waals surface area contributed by atoms with E-state index >= 15 is 0 Å². The van der Waals surface area contributed by atoms with Gasteiger partial charge in [-0.3, -0.25) is 14.9 Å². The van der Waals surface area contributed by atoms with Gasteiger partial charge in [-0.2, -0.15) is 0 Å². The van der Waals surface area contributed by atoms with Crippen LogP contribution in [0.1, 0.15) is 74.8 Å². The number of nitrogens with one attached hydrogen (secondary N) is 2. The average Bonchev–Trinajstić information content (AvgIpc) is 3.71. The van der Waals surface area contributed by atoms with Gasteiger partial charge < -0.3 is 15.0 Å². The average molecular weight is 480 g/mol. The van der Waals surface area contributed by atoms with Crippen LogP contribution in [-0.2, 0) is 16.1 Å². The first-order valence-electron chi connectivity index (χ1n) is 12.7. The van der Waals surface area contributed by atoms with Crippen molar-refractivity contribution < 1.29 is 14.3 Å². The van der Waals surface area contributed by atoms with E-state index in [2.05, 4.69) is 25.5 Å². The summed E-state index contributed by atoms with van der Waals surface area (Å²) < 4.78 is 4.83. The monoisotopic (exact) mass is 479 g/mol. The van der Waals surface area contributed by atoms with E-state index in [1.165, 1.54) is 58.4 Å². The second-order valence-electron chi connectivity index (χ2n) is 10.3. The zero-order valence-electron chi connectivity index (χ0n) is 21.0. The molecule has 1 aromatic carbocycles. The molecule has 2 fully saturated rings. The van der Waals surface area contributed by atoms with Crippen LogP contribution in [0.3, 0.4) is 0 Å². The molecular weight excluding hydrogens is 442 g/mol. The maximum Gasteiger partial charge on any atom is 0.325 e. The Labute approximate surface area is 207 Å². The summed E-state index contributed by atoms with van der Waals surface area (Å²) in [6.07, 6.45) is 10.3. The highest BCUT2D eigenvalue weighted by atomic mass is 16.5. The minimum Gasteiger partial charge on any atom is -0.468 e. The molecule has 0 radical (unpaired) electrons. The molecule has 2 aromatic rings. The number of benzene rings is 1. The maximum atomic E-state index is 13.0. The fraction of sp³-hybridized carbons (Fsp3) is 0.556. The fourth-order valence-corrected chi connectivity index (χ4v) is 4.58. The summed E-state index contributed by atoms with van der Waals surface area (Å²) in [7, 11) is 1.38. The minimum atomic E-state index is -0.780. The third kappa shape index (κ3) is 6.78. The molecule has 2 N–H and O–H groups in total. The third-order valence-corrected chi connectivity index (χ3v) is 6.99. The number of rotatable bonds is 10. The molecule has 2 saturated carbocycles. The molecule has 188 valence electrons. The van der Waals surface area contributed by atoms with Crippen LogP contribution in [0.2, 0.25) is 0 Å². The smallest absolute Gasteiger partial charge is 0.325 e. The molecule has 2 aliphatic rings. The molecule has 8 heteroatoms. The van der Waals surface area contributed by atoms with Crippen molar-refractivity contribution in [2.75, 3.05) is 23.9 Å². The van der Waals surface area contributed by atoms with Gasteiger partial charge in [0.1, 0.15) is 23.4 Å². The van der Waals surface area contributed by atoms with Gasteiger partial charge in [-0.05, 0) is 63.1 Å². The number of carbonyl (C=O) groups excluding carboxylic acids is 2. The van der Waals surface area contributed by atoms with Gasteiger partial charge >= 0.3 is 5.97 Å². The molecule has 4 rings (SSSR count). The molecule has 1 heterocycles. The predicted octanol–water partition coefficient (Wildman–Crippen LogP) is 4.32. The molecule has 0 spiro atoms. The number of amides is 1. The van der Waals surface area contributed by atoms with E-state index < -0.39 is 5.54 Å². The molecule has 0 bridgehead atoms. The number of esters is 1. The number of aromatic nitrogens is 2. The van der Waals surface area contributed by atoms with Crippen molar-refractivity contribution in [3.63, 3.8) is 0 Å². The molecule has 0 unspecified atom stereocenters. The Kier molecular flexibility index (Phi) is 8.00. The Morgan fingerprint density at radius 3 is 2.43 bits per heavy atom. The summed E-state index contributed by atoms with van der Waals surface area (Å²) in [5.41, 5.74) is 1.27. The first-order chi connectivity index (χ1) is 16.9. The van der Waals surface area contributed by atoms with Gasteiger partial charge in [-0.1, -0.05) is 31.4 Å². The van der Waals surface area contributed by atoms with Gasteiger partial charge in [0.25, 0.3) is 5.91 Å². The SMILES string of the molecule is COC(=O)C(C)(C)NCc1ccc(NC(=O)c2cc(N(CC3CC3)C3CCCCC3)ncn2)cc1. The van der Waals surface area contributed by atoms with Crippen molar-refractivity contribution in [1.29, 1.82) is 0 Å². The van der Waals surface area contributed by atoms with Crippen molar-refractivity contribution in [3.8, 4) is 0 Å². The van der Waals surface area contributed by atoms with Gasteiger partial charge in [0, 0.05) is 30.9 Å². The standard InChI is InChI=1S/C27H37N5O3/c1-27(2,26(34)35-3)30-16-19-11-13-21(14-12-19)31-25(33)23-15-24(29-18-28-23)32(17-20-9-10-20)22-7-5-4-6-8-22/h11-15,18,20,22,30H,4-10,16-17H2,1-3H3,(H,31,33). The maximum absolute atomic E-state index is 13.0. The topological polar surface area (TPSA) is 96.5 Å². The zero-order valence-corrected chi connectivity index (χ0v) is 21.0. The number of anilines is 2. The Bertz CT molecular complexity index is 1010. The molecule has 2 aliphatic carbocycles. The highest BCUT2D eigenvalue weighted by Crippen LogP contribution is 2.34. The summed E-state index contributed by atoms with van der Waals surface area (Å²) >= 11 is 0. The van der Waals surface area contributed by atoms with Gasteiger partial charge in [0.05, 0.1) is 7.11 Å². The molecule has 0 saturated heterocycles. The number of nitrogens with zero attached hydrogens (tertiary/aromatic N) is 3. The van der Waals surface area contributed by atoms with Crippen LogP contribution in [0.5, 0.6) is 0 Å². The van der Waals surface area contributed by atoms with Crippen molar-refractivity contribution in [2.24, 2.45) is 5.92 Å². The van der Waals surface area contributed by atoms with E-state index in [4.69, 9.17) is 4.74 Å². The van der Waals surface area contributed by atoms with E-state index in [9.17, 15) is 9.59 Å². The van der Waals surface area contributed by atoms with Gasteiger partial charge in [-0.15, -0.1) is 0 Å². The van der Waals surface area contributed by atoms with Crippen molar-refractivity contribution in [3.05, 3.63) is 47.9 Å². The predicted molar refractivity (Wildman–Crippen MR) is 136 cm³/mol. The number of carbonyl (C=O) groups is 2. The quantitative estimate of drug-likeness (QED) is 0.490. The second kappa shape index (κ2) is 11.2. The van der Waals surface area contributed by atoms with Crippen LogP contribution in [0.4, 0.5) is 11.5 Å². The molecule has 0 atom stereocenters. The molecule has 1 aromatic heterocycles. The Hall–Kier alpha value is -3.00. The van der Waals surface area contributed by atoms with Crippen LogP contribution >= 0.6 is 0 Å². The highest BCUT2D eigenvalue weighted by Gasteiger charge is 2.30. The molecular formula is C27H37N5O3. The minimum absolute atomic E-state index is 0.249. The Balaban J connectivity index is 1.39. The summed E-state index contributed by atoms with van der Waals surface area (Å²) in [4.78, 5) is 36.0. The van der Waals surface area contributed by atoms with Crippen molar-refractivity contribution in [1.82, 2.24) is 15.3 Å². The van der Waals surface area contributed by atoms with E-state index in [0.717, 1.165) is 23.8 Å². The molecule has 35 heavy (non-hydrogen) atoms. The molecule has 0 aliphatic heterocycles. The normalized spacial score (nSPS) is 16.5. The van der Waals surface area contributed by atoms with E-state index in [0.29, 0.717) is 24.0 Å². The Morgan fingerprint density at radius 2 is 1.77 bits per heavy atom. The van der Waals surface area contributed by atoms with Crippen LogP contribution in [0.25, 0.3) is 0 Å². The number of hydrogen-bond acceptors (Lipinski definition) is 7. The summed E-state index contributed by atoms with van der Waals surface area (Å²) in [5, 5.41) is 6.13. The van der Waals surface area contributed by atoms with Gasteiger partial charge in [0.15, 0.2) is 0 Å². The highest BCUT2D eigenvalue weighted by molar-refractivity contribution is 6.03. The zero-order chi connectivity index (χ0) is 24.8. The number of hydrogen-bond donors (Lipinski definition) is 2. The van der Waals surface area contributed by atoms with Gasteiger partial charge in [-0.25, -0.2) is 9.97 Å². The number of ether oxygens (including phenoxy) is 1. The summed E-state index contributed by atoms with van der Waals surface area (Å²) in [5.74, 6) is 1.04. The fourth-order valence-electron chi connectivity index (χ4n) is 4.58. The first-order valence-corrected chi connectivity index (χ1v) is 12.7. The van der Waals surface area contributed by atoms with Crippen LogP contribution in [0, 0.1) is 5.92 Å². The lowest BCUT2D eigenvalue weighted by atomic mass is 9.94. The third-order valence-electron chi connectivity index (χ3n) is 6.99. The van der Waals surface area contributed by atoms with E-state index in [-0.39, 0.29) is 11.9 Å². The van der Waals surface area contributed by atoms with Crippen LogP contribution in [0.15, 0.2) is 36.7 Å². The number of methoxy groups -OCH3 is 1. The largest absolute Gasteiger partial charge is 0.468 e. The Morgan fingerprint density at radius 1 is 1.06 bits per heavy atom. The molecule has 8 nitrogen and oxygen atoms in total. The second-order valence-corrected chi connectivity index (χ2v) is 10.3. The van der Waals surface area contributed by atoms with Crippen LogP contribution in [-0.4, -0.2) is 47.1 Å². The van der Waals surface area contributed by atoms with Gasteiger partial charge in [0.2, 0.25) is 0 Å².